The number of nitrogens with zero attached hydrogens (tertiary/aromatic N) is 4. The van der Waals surface area contributed by atoms with Gasteiger partial charge in [-0.25, -0.2) is 0 Å². The van der Waals surface area contributed by atoms with E-state index in [-0.39, 0.29) is 21.7 Å². The molecule has 8 aromatic carbocycles. The molecule has 0 spiro atoms. The van der Waals surface area contributed by atoms with E-state index < -0.39 is 0 Å². The van der Waals surface area contributed by atoms with Gasteiger partial charge in [0.05, 0.1) is 10.8 Å². The zero-order valence-corrected chi connectivity index (χ0v) is 48.4. The van der Waals surface area contributed by atoms with Gasteiger partial charge in [-0.05, 0) is 121 Å². The van der Waals surface area contributed by atoms with Gasteiger partial charge in [-0.15, -0.1) is 0 Å². The van der Waals surface area contributed by atoms with Gasteiger partial charge in [0.15, 0.2) is 11.4 Å². The molecule has 0 bridgehead atoms. The van der Waals surface area contributed by atoms with Crippen LogP contribution in [-0.2, 0) is 34.5 Å². The SMILES string of the molecule is CCC[N+]1=C(C=CC=C2N(C)c3ccc4ccccc4c3C2(C)CC=CCC2(C)C(=CC=CC3=[N+](CCC)c4ccccc4C3(C)Cc3ccccc3)N(C)c3ccc4ccccc4c32)C(C)(Cc2ccccc2)c2ccccc21. The molecule has 4 aliphatic heterocycles. The molecule has 4 atom stereocenters. The maximum atomic E-state index is 2.59. The van der Waals surface area contributed by atoms with Gasteiger partial charge < -0.3 is 9.80 Å². The number of hydrogen-bond donors (Lipinski definition) is 0. The second-order valence-electron chi connectivity index (χ2n) is 23.9. The zero-order chi connectivity index (χ0) is 55.2. The van der Waals surface area contributed by atoms with Crippen molar-refractivity contribution in [2.45, 2.75) is 102 Å². The van der Waals surface area contributed by atoms with Gasteiger partial charge in [0, 0.05) is 95.9 Å². The predicted octanol–water partition coefficient (Wildman–Crippen LogP) is 17.7. The lowest BCUT2D eigenvalue weighted by molar-refractivity contribution is -0.437. The smallest absolute Gasteiger partial charge is 0.209 e. The molecule has 400 valence electrons. The first kappa shape index (κ1) is 52.6. The molecule has 0 aliphatic carbocycles. The van der Waals surface area contributed by atoms with Crippen LogP contribution in [-0.4, -0.2) is 47.8 Å². The molecule has 8 aromatic rings. The fourth-order valence-corrected chi connectivity index (χ4v) is 14.9. The molecule has 0 amide bonds. The van der Waals surface area contributed by atoms with Gasteiger partial charge >= 0.3 is 0 Å². The van der Waals surface area contributed by atoms with Crippen LogP contribution in [0.3, 0.4) is 0 Å². The maximum Gasteiger partial charge on any atom is 0.209 e. The molecule has 0 radical (unpaired) electrons. The first-order valence-corrected chi connectivity index (χ1v) is 29.4. The summed E-state index contributed by atoms with van der Waals surface area (Å²) in [6, 6.07) is 67.6. The average Bonchev–Trinajstić information content (AvgIpc) is 3.85. The first-order valence-electron chi connectivity index (χ1n) is 29.4. The third kappa shape index (κ3) is 8.74. The molecule has 4 heterocycles. The van der Waals surface area contributed by atoms with E-state index in [1.165, 1.54) is 100 Å². The van der Waals surface area contributed by atoms with E-state index in [1.54, 1.807) is 0 Å². The summed E-state index contributed by atoms with van der Waals surface area (Å²) in [5.41, 5.74) is 17.9. The quantitative estimate of drug-likeness (QED) is 0.0706. The van der Waals surface area contributed by atoms with E-state index in [0.717, 1.165) is 51.6 Å². The van der Waals surface area contributed by atoms with Crippen LogP contribution in [0.5, 0.6) is 0 Å². The summed E-state index contributed by atoms with van der Waals surface area (Å²) < 4.78 is 5.18. The molecule has 12 rings (SSSR count). The second kappa shape index (κ2) is 21.2. The Bertz CT molecular complexity index is 3650. The van der Waals surface area contributed by atoms with Crippen molar-refractivity contribution in [3.63, 3.8) is 0 Å². The third-order valence-electron chi connectivity index (χ3n) is 18.7. The van der Waals surface area contributed by atoms with Crippen LogP contribution in [0.25, 0.3) is 21.5 Å². The molecular formula is C76H78N4+2. The standard InChI is InChI=1S/C76H78N4/c1-9-51-79-63-39-23-21-37-61(63)75(5,53-55-29-13-11-14-30-55)69(79)43-27-41-67-73(3,71-59-35-19-17-33-57(59)45-47-65(71)77(67)7)49-25-26-50-74(4)68(78(8)66-48-46-58-34-18-20-36-60(58)72(66)74)42-28-44-70-76(6,54-56-31-15-12-16-32-56)62-38-22-24-40-64(62)80(70)52-10-2/h11-48H,9-10,49-54H2,1-8H3/q+2. The molecule has 4 aliphatic rings. The minimum Gasteiger partial charge on any atom is -0.347 e. The van der Waals surface area contributed by atoms with Gasteiger partial charge in [0.25, 0.3) is 0 Å². The number of para-hydroxylation sites is 2. The Morgan fingerprint density at radius 1 is 0.412 bits per heavy atom. The van der Waals surface area contributed by atoms with Crippen LogP contribution in [0, 0.1) is 0 Å². The number of anilines is 2. The summed E-state index contributed by atoms with van der Waals surface area (Å²) in [6.07, 6.45) is 25.2. The number of hydrogen-bond acceptors (Lipinski definition) is 2. The molecule has 4 heteroatoms. The Labute approximate surface area is 476 Å². The van der Waals surface area contributed by atoms with Crippen molar-refractivity contribution in [2.24, 2.45) is 0 Å². The van der Waals surface area contributed by atoms with Crippen LogP contribution in [0.15, 0.2) is 242 Å². The van der Waals surface area contributed by atoms with E-state index >= 15 is 0 Å². The number of benzene rings is 8. The van der Waals surface area contributed by atoms with Gasteiger partial charge in [0.1, 0.15) is 13.1 Å². The highest BCUT2D eigenvalue weighted by atomic mass is 15.2. The van der Waals surface area contributed by atoms with Crippen LogP contribution in [0.1, 0.15) is 101 Å². The van der Waals surface area contributed by atoms with Gasteiger partial charge in [-0.2, -0.15) is 9.15 Å². The molecule has 0 saturated heterocycles. The lowest BCUT2D eigenvalue weighted by Crippen LogP contribution is -2.33. The molecule has 0 saturated carbocycles. The molecule has 0 N–H and O–H groups in total. The average molecular weight is 1050 g/mol. The Morgan fingerprint density at radius 3 is 1.20 bits per heavy atom. The van der Waals surface area contributed by atoms with Crippen LogP contribution in [0.2, 0.25) is 0 Å². The Kier molecular flexibility index (Phi) is 13.9. The highest BCUT2D eigenvalue weighted by molar-refractivity contribution is 6.05. The van der Waals surface area contributed by atoms with Crippen LogP contribution >= 0.6 is 0 Å². The zero-order valence-electron chi connectivity index (χ0n) is 48.4. The van der Waals surface area contributed by atoms with E-state index in [1.807, 2.05) is 0 Å². The monoisotopic (exact) mass is 1050 g/mol. The predicted molar refractivity (Wildman–Crippen MR) is 340 cm³/mol. The summed E-state index contributed by atoms with van der Waals surface area (Å²) >= 11 is 0. The number of fused-ring (bicyclic) bond motifs is 8. The Morgan fingerprint density at radius 2 is 0.787 bits per heavy atom. The van der Waals surface area contributed by atoms with Crippen molar-refractivity contribution in [2.75, 3.05) is 37.0 Å². The molecular weight excluding hydrogens is 969 g/mol. The lowest BCUT2D eigenvalue weighted by Gasteiger charge is -2.30. The molecule has 4 unspecified atom stereocenters. The highest BCUT2D eigenvalue weighted by Gasteiger charge is 2.50. The van der Waals surface area contributed by atoms with Gasteiger partial charge in [-0.1, -0.05) is 196 Å². The van der Waals surface area contributed by atoms with Crippen molar-refractivity contribution in [3.8, 4) is 0 Å². The van der Waals surface area contributed by atoms with Gasteiger partial charge in [-0.3, -0.25) is 0 Å². The first-order chi connectivity index (χ1) is 38.9. The number of likely N-dealkylation sites (N-methyl/N-ethyl adjacent to an activating group) is 2. The number of allylic oxidation sites excluding steroid dienone is 10. The van der Waals surface area contributed by atoms with E-state index in [2.05, 4.69) is 305 Å². The van der Waals surface area contributed by atoms with Crippen molar-refractivity contribution in [1.82, 2.24) is 0 Å². The normalized spacial score (nSPS) is 23.4. The van der Waals surface area contributed by atoms with Gasteiger partial charge in [0.2, 0.25) is 11.4 Å². The largest absolute Gasteiger partial charge is 0.347 e. The van der Waals surface area contributed by atoms with E-state index in [9.17, 15) is 0 Å². The molecule has 4 nitrogen and oxygen atoms in total. The van der Waals surface area contributed by atoms with E-state index in [0.29, 0.717) is 0 Å². The van der Waals surface area contributed by atoms with Crippen molar-refractivity contribution in [1.29, 1.82) is 0 Å². The minimum atomic E-state index is -0.308. The summed E-state index contributed by atoms with van der Waals surface area (Å²) in [5, 5.41) is 5.22. The fourth-order valence-electron chi connectivity index (χ4n) is 14.9. The minimum absolute atomic E-state index is 0.189. The summed E-state index contributed by atoms with van der Waals surface area (Å²) in [7, 11) is 4.56. The topological polar surface area (TPSA) is 12.5 Å². The summed E-state index contributed by atoms with van der Waals surface area (Å²) in [6.45, 7) is 16.4. The van der Waals surface area contributed by atoms with Crippen LogP contribution in [0.4, 0.5) is 22.7 Å². The molecule has 0 aromatic heterocycles. The molecule has 80 heavy (non-hydrogen) atoms. The summed E-state index contributed by atoms with van der Waals surface area (Å²) in [4.78, 5) is 4.94. The van der Waals surface area contributed by atoms with Crippen LogP contribution < -0.4 is 9.80 Å². The molecule has 0 fully saturated rings. The maximum absolute atomic E-state index is 2.59. The van der Waals surface area contributed by atoms with Crippen molar-refractivity contribution < 1.29 is 9.15 Å². The lowest BCUT2D eigenvalue weighted by atomic mass is 9.74. The second-order valence-corrected chi connectivity index (χ2v) is 23.9. The Hall–Kier alpha value is -8.08. The Balaban J connectivity index is 0.924. The van der Waals surface area contributed by atoms with E-state index in [4.69, 9.17) is 0 Å². The fraction of sp³-hybridized carbons (Fsp3) is 0.263. The highest BCUT2D eigenvalue weighted by Crippen LogP contribution is 2.55. The van der Waals surface area contributed by atoms with Crippen molar-refractivity contribution in [3.05, 3.63) is 275 Å². The number of rotatable bonds is 16. The third-order valence-corrected chi connectivity index (χ3v) is 18.7. The van der Waals surface area contributed by atoms with Crippen molar-refractivity contribution >= 4 is 55.7 Å². The summed E-state index contributed by atoms with van der Waals surface area (Å²) in [5.74, 6) is 0.